The van der Waals surface area contributed by atoms with Crippen molar-refractivity contribution < 1.29 is 9.13 Å². The molecule has 2 aromatic carbocycles. The van der Waals surface area contributed by atoms with Gasteiger partial charge in [-0.3, -0.25) is 0 Å². The van der Waals surface area contributed by atoms with E-state index in [4.69, 9.17) is 4.74 Å². The van der Waals surface area contributed by atoms with Crippen LogP contribution in [0.25, 0.3) is 11.3 Å². The number of hydrogen-bond donors (Lipinski definition) is 1. The van der Waals surface area contributed by atoms with Crippen molar-refractivity contribution in [3.63, 3.8) is 0 Å². The first-order valence-electron chi connectivity index (χ1n) is 8.01. The standard InChI is InChI=1S/C20H17Br2FN2O/c1-26-16-8-2-13(3-9-16)11-24-12-17-18(21)10-19(22)25-20(17)14-4-6-15(23)7-5-14/h2-10,24H,11-12H2,1H3. The van der Waals surface area contributed by atoms with Crippen LogP contribution in [0.3, 0.4) is 0 Å². The first-order chi connectivity index (χ1) is 12.6. The number of nitrogens with zero attached hydrogens (tertiary/aromatic N) is 1. The van der Waals surface area contributed by atoms with Crippen LogP contribution in [0, 0.1) is 5.82 Å². The molecule has 0 bridgehead atoms. The van der Waals surface area contributed by atoms with Gasteiger partial charge in [-0.1, -0.05) is 28.1 Å². The van der Waals surface area contributed by atoms with Crippen LogP contribution in [0.5, 0.6) is 5.75 Å². The lowest BCUT2D eigenvalue weighted by Gasteiger charge is -2.13. The molecule has 0 saturated carbocycles. The molecule has 1 heterocycles. The molecule has 134 valence electrons. The molecule has 3 aromatic rings. The summed E-state index contributed by atoms with van der Waals surface area (Å²) >= 11 is 7.04. The fraction of sp³-hybridized carbons (Fsp3) is 0.150. The number of aromatic nitrogens is 1. The van der Waals surface area contributed by atoms with Gasteiger partial charge >= 0.3 is 0 Å². The Balaban J connectivity index is 1.79. The SMILES string of the molecule is COc1ccc(CNCc2c(Br)cc(Br)nc2-c2ccc(F)cc2)cc1. The van der Waals surface area contributed by atoms with Crippen LogP contribution in [0.4, 0.5) is 4.39 Å². The maximum absolute atomic E-state index is 13.2. The number of rotatable bonds is 6. The van der Waals surface area contributed by atoms with Crippen molar-refractivity contribution in [1.29, 1.82) is 0 Å². The highest BCUT2D eigenvalue weighted by Gasteiger charge is 2.12. The normalized spacial score (nSPS) is 10.8. The van der Waals surface area contributed by atoms with Crippen molar-refractivity contribution in [1.82, 2.24) is 10.3 Å². The van der Waals surface area contributed by atoms with Gasteiger partial charge < -0.3 is 10.1 Å². The average Bonchev–Trinajstić information content (AvgIpc) is 2.64. The molecule has 0 radical (unpaired) electrons. The van der Waals surface area contributed by atoms with Crippen LogP contribution in [-0.4, -0.2) is 12.1 Å². The van der Waals surface area contributed by atoms with E-state index in [1.807, 2.05) is 30.3 Å². The van der Waals surface area contributed by atoms with Gasteiger partial charge in [0.1, 0.15) is 16.2 Å². The minimum Gasteiger partial charge on any atom is -0.497 e. The van der Waals surface area contributed by atoms with Gasteiger partial charge in [-0.05, 0) is 64.0 Å². The summed E-state index contributed by atoms with van der Waals surface area (Å²) in [5.41, 5.74) is 3.87. The molecule has 26 heavy (non-hydrogen) atoms. The van der Waals surface area contributed by atoms with Gasteiger partial charge in [-0.2, -0.15) is 0 Å². The van der Waals surface area contributed by atoms with Crippen molar-refractivity contribution >= 4 is 31.9 Å². The van der Waals surface area contributed by atoms with E-state index in [0.717, 1.165) is 43.8 Å². The number of methoxy groups -OCH3 is 1. The maximum Gasteiger partial charge on any atom is 0.123 e. The summed E-state index contributed by atoms with van der Waals surface area (Å²) in [4.78, 5) is 4.59. The minimum absolute atomic E-state index is 0.262. The summed E-state index contributed by atoms with van der Waals surface area (Å²) in [6.45, 7) is 1.34. The molecule has 0 aliphatic carbocycles. The molecule has 0 unspecified atom stereocenters. The Bertz CT molecular complexity index is 884. The zero-order chi connectivity index (χ0) is 18.5. The van der Waals surface area contributed by atoms with Gasteiger partial charge in [0.05, 0.1) is 12.8 Å². The van der Waals surface area contributed by atoms with E-state index in [9.17, 15) is 4.39 Å². The van der Waals surface area contributed by atoms with Gasteiger partial charge in [0.25, 0.3) is 0 Å². The zero-order valence-electron chi connectivity index (χ0n) is 14.1. The Morgan fingerprint density at radius 1 is 1.00 bits per heavy atom. The van der Waals surface area contributed by atoms with Gasteiger partial charge in [0, 0.05) is 28.7 Å². The van der Waals surface area contributed by atoms with E-state index >= 15 is 0 Å². The molecule has 1 aromatic heterocycles. The Kier molecular flexibility index (Phi) is 6.40. The summed E-state index contributed by atoms with van der Waals surface area (Å²) in [7, 11) is 1.66. The number of ether oxygens (including phenoxy) is 1. The van der Waals surface area contributed by atoms with Crippen molar-refractivity contribution in [2.45, 2.75) is 13.1 Å². The second-order valence-electron chi connectivity index (χ2n) is 5.71. The molecule has 0 atom stereocenters. The largest absolute Gasteiger partial charge is 0.497 e. The molecule has 3 nitrogen and oxygen atoms in total. The summed E-state index contributed by atoms with van der Waals surface area (Å²) < 4.78 is 20.1. The summed E-state index contributed by atoms with van der Waals surface area (Å²) in [5.74, 6) is 0.578. The van der Waals surface area contributed by atoms with E-state index in [1.54, 1.807) is 19.2 Å². The van der Waals surface area contributed by atoms with Crippen LogP contribution in [0.1, 0.15) is 11.1 Å². The number of pyridine rings is 1. The van der Waals surface area contributed by atoms with E-state index in [1.165, 1.54) is 12.1 Å². The van der Waals surface area contributed by atoms with Crippen molar-refractivity contribution in [3.05, 3.63) is 80.6 Å². The second-order valence-corrected chi connectivity index (χ2v) is 7.38. The minimum atomic E-state index is -0.262. The van der Waals surface area contributed by atoms with Gasteiger partial charge in [0.2, 0.25) is 0 Å². The molecular weight excluding hydrogens is 463 g/mol. The maximum atomic E-state index is 13.2. The van der Waals surface area contributed by atoms with Gasteiger partial charge in [-0.25, -0.2) is 9.37 Å². The van der Waals surface area contributed by atoms with E-state index < -0.39 is 0 Å². The third kappa shape index (κ3) is 4.69. The lowest BCUT2D eigenvalue weighted by Crippen LogP contribution is -2.14. The quantitative estimate of drug-likeness (QED) is 0.459. The van der Waals surface area contributed by atoms with Crippen molar-refractivity contribution in [2.24, 2.45) is 0 Å². The molecule has 1 N–H and O–H groups in total. The molecule has 0 aliphatic heterocycles. The second kappa shape index (κ2) is 8.75. The fourth-order valence-electron chi connectivity index (χ4n) is 2.60. The van der Waals surface area contributed by atoms with Crippen molar-refractivity contribution in [2.75, 3.05) is 7.11 Å². The monoisotopic (exact) mass is 478 g/mol. The highest BCUT2D eigenvalue weighted by Crippen LogP contribution is 2.30. The topological polar surface area (TPSA) is 34.1 Å². The Morgan fingerprint density at radius 2 is 1.69 bits per heavy atom. The predicted molar refractivity (Wildman–Crippen MR) is 109 cm³/mol. The summed E-state index contributed by atoms with van der Waals surface area (Å²) in [6, 6.07) is 16.2. The van der Waals surface area contributed by atoms with Crippen LogP contribution in [0.2, 0.25) is 0 Å². The molecule has 0 fully saturated rings. The molecular formula is C20H17Br2FN2O. The fourth-order valence-corrected chi connectivity index (χ4v) is 3.86. The number of nitrogens with one attached hydrogen (secondary N) is 1. The van der Waals surface area contributed by atoms with Gasteiger partial charge in [-0.15, -0.1) is 0 Å². The van der Waals surface area contributed by atoms with Crippen LogP contribution in [-0.2, 0) is 13.1 Å². The summed E-state index contributed by atoms with van der Waals surface area (Å²) in [5, 5.41) is 3.44. The van der Waals surface area contributed by atoms with Crippen LogP contribution in [0.15, 0.2) is 63.7 Å². The first-order valence-corrected chi connectivity index (χ1v) is 9.60. The average molecular weight is 480 g/mol. The number of halogens is 3. The Labute approximate surface area is 168 Å². The van der Waals surface area contributed by atoms with Crippen molar-refractivity contribution in [3.8, 4) is 17.0 Å². The number of hydrogen-bond acceptors (Lipinski definition) is 3. The first kappa shape index (κ1) is 19.0. The highest BCUT2D eigenvalue weighted by atomic mass is 79.9. The van der Waals surface area contributed by atoms with Gasteiger partial charge in [0.15, 0.2) is 0 Å². The lowest BCUT2D eigenvalue weighted by atomic mass is 10.1. The van der Waals surface area contributed by atoms with Crippen LogP contribution < -0.4 is 10.1 Å². The van der Waals surface area contributed by atoms with E-state index in [0.29, 0.717) is 6.54 Å². The Morgan fingerprint density at radius 3 is 2.35 bits per heavy atom. The van der Waals surface area contributed by atoms with Crippen LogP contribution >= 0.6 is 31.9 Å². The third-order valence-corrected chi connectivity index (χ3v) is 5.06. The molecule has 3 rings (SSSR count). The zero-order valence-corrected chi connectivity index (χ0v) is 17.3. The molecule has 0 amide bonds. The number of benzene rings is 2. The third-order valence-electron chi connectivity index (χ3n) is 3.95. The molecule has 0 saturated heterocycles. The van der Waals surface area contributed by atoms with E-state index in [2.05, 4.69) is 42.2 Å². The predicted octanol–water partition coefficient (Wildman–Crippen LogP) is 5.71. The molecule has 0 spiro atoms. The Hall–Kier alpha value is -1.76. The lowest BCUT2D eigenvalue weighted by molar-refractivity contribution is 0.414. The molecule has 0 aliphatic rings. The van der Waals surface area contributed by atoms with E-state index in [-0.39, 0.29) is 5.82 Å². The molecule has 6 heteroatoms. The summed E-state index contributed by atoms with van der Waals surface area (Å²) in [6.07, 6.45) is 0. The highest BCUT2D eigenvalue weighted by molar-refractivity contribution is 9.11. The smallest absolute Gasteiger partial charge is 0.123 e.